The minimum Gasteiger partial charge on any atom is -0.208 e. The second-order valence-electron chi connectivity index (χ2n) is 4.08. The van der Waals surface area contributed by atoms with Gasteiger partial charge in [-0.05, 0) is 25.0 Å². The third kappa shape index (κ3) is 3.20. The van der Waals surface area contributed by atoms with E-state index in [2.05, 4.69) is 4.72 Å². The lowest BCUT2D eigenvalue weighted by molar-refractivity contribution is 0.476. The van der Waals surface area contributed by atoms with Gasteiger partial charge in [0.2, 0.25) is 10.0 Å². The Morgan fingerprint density at radius 2 is 1.75 bits per heavy atom. The SMILES string of the molecule is CC(C)[C@@H](C)NS(=O)(=O)c1ccccc1Cl. The number of halogens is 1. The van der Waals surface area contributed by atoms with E-state index in [-0.39, 0.29) is 21.9 Å². The third-order valence-corrected chi connectivity index (χ3v) is 4.53. The molecule has 5 heteroatoms. The first kappa shape index (κ1) is 13.5. The Morgan fingerprint density at radius 1 is 1.19 bits per heavy atom. The van der Waals surface area contributed by atoms with Crippen LogP contribution in [0.2, 0.25) is 5.02 Å². The molecule has 0 saturated carbocycles. The molecule has 0 aliphatic heterocycles. The summed E-state index contributed by atoms with van der Waals surface area (Å²) in [5, 5.41) is 0.242. The van der Waals surface area contributed by atoms with Crippen molar-refractivity contribution in [3.8, 4) is 0 Å². The number of rotatable bonds is 4. The largest absolute Gasteiger partial charge is 0.242 e. The molecule has 1 aromatic rings. The van der Waals surface area contributed by atoms with E-state index in [4.69, 9.17) is 11.6 Å². The normalized spacial score (nSPS) is 14.1. The fourth-order valence-electron chi connectivity index (χ4n) is 1.11. The molecule has 0 spiro atoms. The van der Waals surface area contributed by atoms with Crippen molar-refractivity contribution < 1.29 is 8.42 Å². The molecule has 0 heterocycles. The predicted octanol–water partition coefficient (Wildman–Crippen LogP) is 2.66. The van der Waals surface area contributed by atoms with Gasteiger partial charge in [-0.1, -0.05) is 37.6 Å². The Morgan fingerprint density at radius 3 is 2.25 bits per heavy atom. The van der Waals surface area contributed by atoms with Crippen LogP contribution >= 0.6 is 11.6 Å². The molecule has 0 aliphatic carbocycles. The molecule has 90 valence electrons. The minimum atomic E-state index is -3.52. The molecule has 0 bridgehead atoms. The topological polar surface area (TPSA) is 46.2 Å². The van der Waals surface area contributed by atoms with Crippen LogP contribution in [0.25, 0.3) is 0 Å². The van der Waals surface area contributed by atoms with Crippen molar-refractivity contribution in [2.24, 2.45) is 5.92 Å². The van der Waals surface area contributed by atoms with Crippen molar-refractivity contribution in [2.75, 3.05) is 0 Å². The first-order valence-electron chi connectivity index (χ1n) is 5.11. The number of hydrogen-bond donors (Lipinski definition) is 1. The van der Waals surface area contributed by atoms with Gasteiger partial charge >= 0.3 is 0 Å². The Balaban J connectivity index is 3.00. The van der Waals surface area contributed by atoms with E-state index < -0.39 is 10.0 Å². The predicted molar refractivity (Wildman–Crippen MR) is 66.1 cm³/mol. The van der Waals surface area contributed by atoms with E-state index in [1.807, 2.05) is 20.8 Å². The van der Waals surface area contributed by atoms with Crippen LogP contribution in [-0.4, -0.2) is 14.5 Å². The molecule has 1 atom stereocenters. The van der Waals surface area contributed by atoms with E-state index in [0.29, 0.717) is 0 Å². The maximum atomic E-state index is 12.0. The molecule has 0 amide bonds. The quantitative estimate of drug-likeness (QED) is 0.906. The van der Waals surface area contributed by atoms with Gasteiger partial charge in [0.25, 0.3) is 0 Å². The third-order valence-electron chi connectivity index (χ3n) is 2.47. The maximum Gasteiger partial charge on any atom is 0.242 e. The summed E-state index contributed by atoms with van der Waals surface area (Å²) >= 11 is 5.85. The van der Waals surface area contributed by atoms with Crippen molar-refractivity contribution in [3.05, 3.63) is 29.3 Å². The van der Waals surface area contributed by atoms with Crippen LogP contribution in [-0.2, 0) is 10.0 Å². The highest BCUT2D eigenvalue weighted by Gasteiger charge is 2.21. The van der Waals surface area contributed by atoms with Crippen LogP contribution < -0.4 is 4.72 Å². The molecule has 0 aliphatic rings. The summed E-state index contributed by atoms with van der Waals surface area (Å²) in [5.74, 6) is 0.234. The summed E-state index contributed by atoms with van der Waals surface area (Å²) in [6, 6.07) is 6.29. The monoisotopic (exact) mass is 261 g/mol. The van der Waals surface area contributed by atoms with Crippen LogP contribution in [0.3, 0.4) is 0 Å². The van der Waals surface area contributed by atoms with Gasteiger partial charge in [-0.2, -0.15) is 0 Å². The van der Waals surface area contributed by atoms with Crippen LogP contribution in [0.5, 0.6) is 0 Å². The standard InChI is InChI=1S/C11H16ClNO2S/c1-8(2)9(3)13-16(14,15)11-7-5-4-6-10(11)12/h4-9,13H,1-3H3/t9-/m1/s1. The first-order valence-corrected chi connectivity index (χ1v) is 6.97. The molecule has 0 unspecified atom stereocenters. The van der Waals surface area contributed by atoms with Crippen LogP contribution in [0.1, 0.15) is 20.8 Å². The summed E-state index contributed by atoms with van der Waals surface area (Å²) in [7, 11) is -3.52. The van der Waals surface area contributed by atoms with Gasteiger partial charge in [0.1, 0.15) is 4.90 Å². The van der Waals surface area contributed by atoms with Gasteiger partial charge in [-0.3, -0.25) is 0 Å². The van der Waals surface area contributed by atoms with E-state index in [0.717, 1.165) is 0 Å². The average Bonchev–Trinajstić information content (AvgIpc) is 2.17. The minimum absolute atomic E-state index is 0.124. The highest BCUT2D eigenvalue weighted by molar-refractivity contribution is 7.89. The molecule has 3 nitrogen and oxygen atoms in total. The van der Waals surface area contributed by atoms with Gasteiger partial charge in [-0.15, -0.1) is 0 Å². The Bertz CT molecular complexity index is 457. The number of hydrogen-bond acceptors (Lipinski definition) is 2. The van der Waals surface area contributed by atoms with Crippen molar-refractivity contribution in [3.63, 3.8) is 0 Å². The Kier molecular flexibility index (Phi) is 4.35. The Hall–Kier alpha value is -0.580. The number of nitrogens with one attached hydrogen (secondary N) is 1. The number of sulfonamides is 1. The molecule has 0 saturated heterocycles. The molecular formula is C11H16ClNO2S. The second kappa shape index (κ2) is 5.17. The fraction of sp³-hybridized carbons (Fsp3) is 0.455. The molecule has 1 N–H and O–H groups in total. The summed E-state index contributed by atoms with van der Waals surface area (Å²) in [6.07, 6.45) is 0. The van der Waals surface area contributed by atoms with Crippen molar-refractivity contribution in [2.45, 2.75) is 31.7 Å². The fourth-order valence-corrected chi connectivity index (χ4v) is 3.02. The lowest BCUT2D eigenvalue weighted by atomic mass is 10.1. The van der Waals surface area contributed by atoms with E-state index in [1.54, 1.807) is 18.2 Å². The summed E-state index contributed by atoms with van der Waals surface area (Å²) in [4.78, 5) is 0.129. The van der Waals surface area contributed by atoms with Crippen molar-refractivity contribution in [1.82, 2.24) is 4.72 Å². The van der Waals surface area contributed by atoms with Gasteiger partial charge in [0, 0.05) is 6.04 Å². The molecule has 0 fully saturated rings. The second-order valence-corrected chi connectivity index (χ2v) is 6.17. The van der Waals surface area contributed by atoms with Gasteiger partial charge in [-0.25, -0.2) is 13.1 Å². The lowest BCUT2D eigenvalue weighted by Gasteiger charge is -2.17. The molecule has 1 rings (SSSR count). The highest BCUT2D eigenvalue weighted by Crippen LogP contribution is 2.20. The van der Waals surface area contributed by atoms with E-state index >= 15 is 0 Å². The van der Waals surface area contributed by atoms with Crippen LogP contribution in [0.15, 0.2) is 29.2 Å². The zero-order valence-corrected chi connectivity index (χ0v) is 11.1. The molecule has 1 aromatic carbocycles. The summed E-state index contributed by atoms with van der Waals surface area (Å²) in [6.45, 7) is 5.75. The van der Waals surface area contributed by atoms with E-state index in [9.17, 15) is 8.42 Å². The lowest BCUT2D eigenvalue weighted by Crippen LogP contribution is -2.36. The molecular weight excluding hydrogens is 246 g/mol. The molecule has 0 aromatic heterocycles. The highest BCUT2D eigenvalue weighted by atomic mass is 35.5. The molecule has 16 heavy (non-hydrogen) atoms. The van der Waals surface area contributed by atoms with Gasteiger partial charge in [0.05, 0.1) is 5.02 Å². The van der Waals surface area contributed by atoms with Crippen LogP contribution in [0, 0.1) is 5.92 Å². The van der Waals surface area contributed by atoms with Crippen molar-refractivity contribution in [1.29, 1.82) is 0 Å². The summed E-state index contributed by atoms with van der Waals surface area (Å²) < 4.78 is 26.5. The maximum absolute atomic E-state index is 12.0. The zero-order chi connectivity index (χ0) is 12.3. The summed E-state index contributed by atoms with van der Waals surface area (Å²) in [5.41, 5.74) is 0. The van der Waals surface area contributed by atoms with E-state index in [1.165, 1.54) is 6.07 Å². The Labute approximate surface area is 102 Å². The van der Waals surface area contributed by atoms with Crippen LogP contribution in [0.4, 0.5) is 0 Å². The first-order chi connectivity index (χ1) is 7.34. The number of benzene rings is 1. The van der Waals surface area contributed by atoms with Crippen molar-refractivity contribution >= 4 is 21.6 Å². The van der Waals surface area contributed by atoms with Gasteiger partial charge in [0.15, 0.2) is 0 Å². The molecule has 0 radical (unpaired) electrons. The average molecular weight is 262 g/mol. The smallest absolute Gasteiger partial charge is 0.208 e. The zero-order valence-electron chi connectivity index (χ0n) is 9.57. The van der Waals surface area contributed by atoms with Gasteiger partial charge < -0.3 is 0 Å².